The number of hydrogen-bond acceptors (Lipinski definition) is 2. The van der Waals surface area contributed by atoms with Crippen LogP contribution in [0.1, 0.15) is 38.5 Å². The van der Waals surface area contributed by atoms with E-state index in [0.29, 0.717) is 17.5 Å². The van der Waals surface area contributed by atoms with Crippen LogP contribution in [-0.2, 0) is 0 Å². The highest BCUT2D eigenvalue weighted by atomic mass is 15.0. The van der Waals surface area contributed by atoms with Gasteiger partial charge >= 0.3 is 0 Å². The second kappa shape index (κ2) is 6.27. The summed E-state index contributed by atoms with van der Waals surface area (Å²) in [7, 11) is 0. The molecule has 0 amide bonds. The van der Waals surface area contributed by atoms with Gasteiger partial charge in [0.15, 0.2) is 0 Å². The molecule has 2 saturated carbocycles. The fraction of sp³-hybridized carbons (Fsp3) is 0.429. The Labute approximate surface area is 139 Å². The van der Waals surface area contributed by atoms with Gasteiger partial charge < -0.3 is 10.6 Å². The van der Waals surface area contributed by atoms with E-state index in [-0.39, 0.29) is 0 Å². The first-order valence-corrected chi connectivity index (χ1v) is 9.00. The largest absolute Gasteiger partial charge is 0.382 e. The van der Waals surface area contributed by atoms with E-state index in [0.717, 1.165) is 0 Å². The van der Waals surface area contributed by atoms with Gasteiger partial charge in [-0.1, -0.05) is 49.2 Å². The molecule has 2 atom stereocenters. The minimum Gasteiger partial charge on any atom is -0.382 e. The predicted octanol–water partition coefficient (Wildman–Crippen LogP) is 5.30. The minimum absolute atomic E-state index is 0.408. The molecule has 2 N–H and O–H groups in total. The third-order valence-corrected chi connectivity index (χ3v) is 5.89. The SMILES string of the molecule is c1ccc(N[C@H]2CCCC23CCC[C@@H]3Nc2ccccc2)cc1. The first-order chi connectivity index (χ1) is 11.4. The summed E-state index contributed by atoms with van der Waals surface area (Å²) < 4.78 is 0. The third-order valence-electron chi connectivity index (χ3n) is 5.89. The van der Waals surface area contributed by atoms with Crippen LogP contribution >= 0.6 is 0 Å². The first kappa shape index (κ1) is 14.6. The van der Waals surface area contributed by atoms with Crippen molar-refractivity contribution in [2.75, 3.05) is 10.6 Å². The van der Waals surface area contributed by atoms with Crippen LogP contribution in [0.5, 0.6) is 0 Å². The lowest BCUT2D eigenvalue weighted by molar-refractivity contribution is 0.260. The van der Waals surface area contributed by atoms with Crippen molar-refractivity contribution in [3.8, 4) is 0 Å². The normalized spacial score (nSPS) is 25.6. The second-order valence-electron chi connectivity index (χ2n) is 7.14. The summed E-state index contributed by atoms with van der Waals surface area (Å²) in [5, 5.41) is 7.70. The van der Waals surface area contributed by atoms with Crippen molar-refractivity contribution in [2.24, 2.45) is 5.41 Å². The van der Waals surface area contributed by atoms with E-state index in [4.69, 9.17) is 0 Å². The Hall–Kier alpha value is -1.96. The molecule has 2 aliphatic rings. The number of anilines is 2. The Kier molecular flexibility index (Phi) is 3.99. The van der Waals surface area contributed by atoms with Crippen LogP contribution in [0, 0.1) is 5.41 Å². The average Bonchev–Trinajstić information content (AvgIpc) is 3.18. The summed E-state index contributed by atoms with van der Waals surface area (Å²) in [6, 6.07) is 22.6. The van der Waals surface area contributed by atoms with Gasteiger partial charge in [0.05, 0.1) is 0 Å². The minimum atomic E-state index is 0.408. The predicted molar refractivity (Wildman–Crippen MR) is 97.8 cm³/mol. The van der Waals surface area contributed by atoms with Crippen molar-refractivity contribution in [1.82, 2.24) is 0 Å². The van der Waals surface area contributed by atoms with Crippen LogP contribution in [0.2, 0.25) is 0 Å². The number of hydrogen-bond donors (Lipinski definition) is 2. The summed E-state index contributed by atoms with van der Waals surface area (Å²) >= 11 is 0. The number of nitrogens with one attached hydrogen (secondary N) is 2. The lowest BCUT2D eigenvalue weighted by Gasteiger charge is -2.39. The van der Waals surface area contributed by atoms with Crippen molar-refractivity contribution >= 4 is 11.4 Å². The molecule has 120 valence electrons. The molecule has 2 nitrogen and oxygen atoms in total. The van der Waals surface area contributed by atoms with Crippen molar-refractivity contribution in [2.45, 2.75) is 50.6 Å². The van der Waals surface area contributed by atoms with Gasteiger partial charge in [0.25, 0.3) is 0 Å². The zero-order chi connectivity index (χ0) is 15.5. The molecule has 4 rings (SSSR count). The van der Waals surface area contributed by atoms with Gasteiger partial charge in [-0.05, 0) is 49.9 Å². The van der Waals surface area contributed by atoms with Crippen LogP contribution in [0.3, 0.4) is 0 Å². The lowest BCUT2D eigenvalue weighted by atomic mass is 9.77. The first-order valence-electron chi connectivity index (χ1n) is 9.00. The van der Waals surface area contributed by atoms with Gasteiger partial charge in [-0.25, -0.2) is 0 Å². The van der Waals surface area contributed by atoms with E-state index in [9.17, 15) is 0 Å². The van der Waals surface area contributed by atoms with E-state index in [1.54, 1.807) is 0 Å². The molecule has 0 aliphatic heterocycles. The average molecular weight is 306 g/mol. The molecule has 2 fully saturated rings. The van der Waals surface area contributed by atoms with Crippen molar-refractivity contribution in [1.29, 1.82) is 0 Å². The molecule has 0 radical (unpaired) electrons. The Morgan fingerprint density at radius 1 is 0.652 bits per heavy atom. The molecule has 0 saturated heterocycles. The highest BCUT2D eigenvalue weighted by Gasteiger charge is 2.51. The molecule has 2 aromatic carbocycles. The number of para-hydroxylation sites is 2. The number of benzene rings is 2. The van der Waals surface area contributed by atoms with Crippen LogP contribution in [-0.4, -0.2) is 12.1 Å². The van der Waals surface area contributed by atoms with Crippen LogP contribution in [0.15, 0.2) is 60.7 Å². The Morgan fingerprint density at radius 3 is 1.52 bits per heavy atom. The Bertz CT molecular complexity index is 565. The van der Waals surface area contributed by atoms with Gasteiger partial charge in [-0.3, -0.25) is 0 Å². The molecular weight excluding hydrogens is 280 g/mol. The summed E-state index contributed by atoms with van der Waals surface area (Å²) in [5.74, 6) is 0. The van der Waals surface area contributed by atoms with Gasteiger partial charge in [-0.15, -0.1) is 0 Å². The standard InChI is InChI=1S/C21H26N2/c1-3-9-17(10-4-1)22-19-13-7-15-21(19)16-8-14-20(21)23-18-11-5-2-6-12-18/h1-6,9-12,19-20,22-23H,7-8,13-16H2/t19-,20-,21?/m0/s1. The smallest absolute Gasteiger partial charge is 0.0342 e. The van der Waals surface area contributed by atoms with E-state index in [2.05, 4.69) is 71.3 Å². The highest BCUT2D eigenvalue weighted by molar-refractivity contribution is 5.47. The molecule has 0 aromatic heterocycles. The molecule has 2 aromatic rings. The summed E-state index contributed by atoms with van der Waals surface area (Å²) in [6.07, 6.45) is 7.97. The zero-order valence-corrected chi connectivity index (χ0v) is 13.7. The lowest BCUT2D eigenvalue weighted by Crippen LogP contribution is -2.45. The van der Waals surface area contributed by atoms with Crippen LogP contribution < -0.4 is 10.6 Å². The Balaban J connectivity index is 1.54. The molecular formula is C21H26N2. The molecule has 1 spiro atoms. The van der Waals surface area contributed by atoms with Gasteiger partial charge in [0.1, 0.15) is 0 Å². The van der Waals surface area contributed by atoms with Crippen LogP contribution in [0.25, 0.3) is 0 Å². The van der Waals surface area contributed by atoms with E-state index < -0.39 is 0 Å². The molecule has 0 bridgehead atoms. The molecule has 0 heterocycles. The Morgan fingerprint density at radius 2 is 1.09 bits per heavy atom. The highest BCUT2D eigenvalue weighted by Crippen LogP contribution is 2.52. The van der Waals surface area contributed by atoms with E-state index >= 15 is 0 Å². The third kappa shape index (κ3) is 2.83. The summed E-state index contributed by atoms with van der Waals surface area (Å²) in [4.78, 5) is 0. The summed E-state index contributed by atoms with van der Waals surface area (Å²) in [5.41, 5.74) is 2.94. The molecule has 23 heavy (non-hydrogen) atoms. The maximum absolute atomic E-state index is 3.85. The van der Waals surface area contributed by atoms with Gasteiger partial charge in [0.2, 0.25) is 0 Å². The fourth-order valence-corrected chi connectivity index (χ4v) is 4.81. The maximum atomic E-state index is 3.85. The quantitative estimate of drug-likeness (QED) is 0.800. The van der Waals surface area contributed by atoms with Gasteiger partial charge in [-0.2, -0.15) is 0 Å². The maximum Gasteiger partial charge on any atom is 0.0342 e. The van der Waals surface area contributed by atoms with Crippen molar-refractivity contribution < 1.29 is 0 Å². The molecule has 2 aliphatic carbocycles. The summed E-state index contributed by atoms with van der Waals surface area (Å²) in [6.45, 7) is 0. The zero-order valence-electron chi connectivity index (χ0n) is 13.7. The monoisotopic (exact) mass is 306 g/mol. The topological polar surface area (TPSA) is 24.1 Å². The fourth-order valence-electron chi connectivity index (χ4n) is 4.81. The van der Waals surface area contributed by atoms with E-state index in [1.807, 2.05) is 0 Å². The van der Waals surface area contributed by atoms with Crippen molar-refractivity contribution in [3.63, 3.8) is 0 Å². The van der Waals surface area contributed by atoms with Crippen LogP contribution in [0.4, 0.5) is 11.4 Å². The molecule has 2 heteroatoms. The molecule has 0 unspecified atom stereocenters. The van der Waals surface area contributed by atoms with E-state index in [1.165, 1.54) is 49.9 Å². The van der Waals surface area contributed by atoms with Crippen molar-refractivity contribution in [3.05, 3.63) is 60.7 Å². The van der Waals surface area contributed by atoms with Gasteiger partial charge in [0, 0.05) is 28.9 Å². The second-order valence-corrected chi connectivity index (χ2v) is 7.14. The number of rotatable bonds is 4.